The van der Waals surface area contributed by atoms with Crippen LogP contribution in [0, 0.1) is 5.82 Å². The third-order valence-corrected chi connectivity index (χ3v) is 1.70. The summed E-state index contributed by atoms with van der Waals surface area (Å²) in [5.74, 6) is -0.332. The zero-order valence-electron chi connectivity index (χ0n) is 7.04. The van der Waals surface area contributed by atoms with Crippen molar-refractivity contribution in [3.05, 3.63) is 35.6 Å². The summed E-state index contributed by atoms with van der Waals surface area (Å²) in [4.78, 5) is 0. The summed E-state index contributed by atoms with van der Waals surface area (Å²) in [6.07, 6.45) is 0.240. The molecule has 2 N–H and O–H groups in total. The maximum atomic E-state index is 12.6. The second kappa shape index (κ2) is 5.89. The minimum Gasteiger partial charge on any atom is -0.324 e. The first kappa shape index (κ1) is 12.3. The summed E-state index contributed by atoms with van der Waals surface area (Å²) in [7, 11) is 0. The minimum absolute atomic E-state index is 0. The Bertz CT molecular complexity index is 255. The Labute approximate surface area is 82.4 Å². The Balaban J connectivity index is 0.00000144. The molecule has 0 radical (unpaired) electrons. The molecule has 0 aliphatic carbocycles. The molecular weight excluding hydrogens is 196 g/mol. The van der Waals surface area contributed by atoms with Crippen molar-refractivity contribution in [3.8, 4) is 0 Å². The maximum absolute atomic E-state index is 12.6. The first-order valence-electron chi connectivity index (χ1n) is 3.81. The van der Waals surface area contributed by atoms with Crippen molar-refractivity contribution in [3.63, 3.8) is 0 Å². The summed E-state index contributed by atoms with van der Waals surface area (Å²) in [5.41, 5.74) is 6.21. The molecule has 0 saturated carbocycles. The lowest BCUT2D eigenvalue weighted by Crippen LogP contribution is -2.10. The van der Waals surface area contributed by atoms with Crippen LogP contribution in [0.25, 0.3) is 0 Å². The second-order valence-corrected chi connectivity index (χ2v) is 2.64. The van der Waals surface area contributed by atoms with Gasteiger partial charge in [-0.3, -0.25) is 4.39 Å². The van der Waals surface area contributed by atoms with Gasteiger partial charge in [0.15, 0.2) is 0 Å². The minimum atomic E-state index is -0.475. The monoisotopic (exact) mass is 207 g/mol. The van der Waals surface area contributed by atoms with Gasteiger partial charge in [0, 0.05) is 6.04 Å². The van der Waals surface area contributed by atoms with Crippen LogP contribution in [-0.4, -0.2) is 6.67 Å². The molecule has 0 fully saturated rings. The van der Waals surface area contributed by atoms with E-state index in [0.717, 1.165) is 0 Å². The van der Waals surface area contributed by atoms with E-state index in [4.69, 9.17) is 5.73 Å². The molecule has 13 heavy (non-hydrogen) atoms. The summed E-state index contributed by atoms with van der Waals surface area (Å²) in [6.45, 7) is -0.475. The lowest BCUT2D eigenvalue weighted by molar-refractivity contribution is 0.441. The lowest BCUT2D eigenvalue weighted by atomic mass is 10.1. The number of halogens is 3. The van der Waals surface area contributed by atoms with Crippen LogP contribution in [0.1, 0.15) is 18.0 Å². The van der Waals surface area contributed by atoms with Crippen molar-refractivity contribution in [2.75, 3.05) is 6.67 Å². The van der Waals surface area contributed by atoms with Crippen LogP contribution in [0.15, 0.2) is 24.3 Å². The van der Waals surface area contributed by atoms with Gasteiger partial charge in [-0.1, -0.05) is 12.1 Å². The molecule has 1 rings (SSSR count). The standard InChI is InChI=1S/C9H11F2N.ClH/c10-5-4-9(12)7-2-1-3-8(11)6-7;/h1-3,6,9H,4-5,12H2;1H/t9-;/m1./s1. The van der Waals surface area contributed by atoms with Crippen LogP contribution in [0.3, 0.4) is 0 Å². The zero-order valence-corrected chi connectivity index (χ0v) is 7.86. The first-order valence-corrected chi connectivity index (χ1v) is 3.81. The number of rotatable bonds is 3. The van der Waals surface area contributed by atoms with Crippen LogP contribution in [-0.2, 0) is 0 Å². The molecule has 0 spiro atoms. The van der Waals surface area contributed by atoms with Crippen molar-refractivity contribution in [1.82, 2.24) is 0 Å². The second-order valence-electron chi connectivity index (χ2n) is 2.64. The van der Waals surface area contributed by atoms with Gasteiger partial charge in [0.05, 0.1) is 6.67 Å². The van der Waals surface area contributed by atoms with E-state index >= 15 is 0 Å². The predicted octanol–water partition coefficient (Wildman–Crippen LogP) is 2.61. The fourth-order valence-corrected chi connectivity index (χ4v) is 1.02. The molecule has 0 aromatic heterocycles. The molecular formula is C9H12ClF2N. The molecule has 0 saturated heterocycles. The number of hydrogen-bond donors (Lipinski definition) is 1. The molecule has 1 atom stereocenters. The quantitative estimate of drug-likeness (QED) is 0.810. The van der Waals surface area contributed by atoms with Crippen LogP contribution >= 0.6 is 12.4 Å². The Kier molecular flexibility index (Phi) is 5.58. The Morgan fingerprint density at radius 1 is 1.38 bits per heavy atom. The van der Waals surface area contributed by atoms with E-state index in [1.165, 1.54) is 12.1 Å². The first-order chi connectivity index (χ1) is 5.74. The molecule has 1 nitrogen and oxygen atoms in total. The number of hydrogen-bond acceptors (Lipinski definition) is 1. The molecule has 0 bridgehead atoms. The Hall–Kier alpha value is -0.670. The molecule has 74 valence electrons. The molecule has 0 amide bonds. The number of alkyl halides is 1. The van der Waals surface area contributed by atoms with E-state index < -0.39 is 12.7 Å². The smallest absolute Gasteiger partial charge is 0.123 e. The average Bonchev–Trinajstić information content (AvgIpc) is 2.05. The van der Waals surface area contributed by atoms with Crippen molar-refractivity contribution in [1.29, 1.82) is 0 Å². The van der Waals surface area contributed by atoms with Gasteiger partial charge in [-0.05, 0) is 24.1 Å². The highest BCUT2D eigenvalue weighted by atomic mass is 35.5. The highest BCUT2D eigenvalue weighted by Crippen LogP contribution is 2.14. The van der Waals surface area contributed by atoms with E-state index in [2.05, 4.69) is 0 Å². The summed E-state index contributed by atoms with van der Waals surface area (Å²) < 4.78 is 24.5. The van der Waals surface area contributed by atoms with Crippen molar-refractivity contribution >= 4 is 12.4 Å². The maximum Gasteiger partial charge on any atom is 0.123 e. The van der Waals surface area contributed by atoms with Gasteiger partial charge in [-0.25, -0.2) is 4.39 Å². The average molecular weight is 208 g/mol. The van der Waals surface area contributed by atoms with Crippen LogP contribution in [0.5, 0.6) is 0 Å². The molecule has 1 aromatic rings. The highest BCUT2D eigenvalue weighted by Gasteiger charge is 2.05. The molecule has 0 unspecified atom stereocenters. The SMILES string of the molecule is Cl.N[C@H](CCF)c1cccc(F)c1. The largest absolute Gasteiger partial charge is 0.324 e. The van der Waals surface area contributed by atoms with E-state index in [9.17, 15) is 8.78 Å². The van der Waals surface area contributed by atoms with Gasteiger partial charge < -0.3 is 5.73 Å². The molecule has 0 aliphatic rings. The van der Waals surface area contributed by atoms with Gasteiger partial charge in [0.25, 0.3) is 0 Å². The predicted molar refractivity (Wildman–Crippen MR) is 51.2 cm³/mol. The van der Waals surface area contributed by atoms with Crippen molar-refractivity contribution in [2.24, 2.45) is 5.73 Å². The molecule has 4 heteroatoms. The summed E-state index contributed by atoms with van der Waals surface area (Å²) >= 11 is 0. The number of nitrogens with two attached hydrogens (primary N) is 1. The van der Waals surface area contributed by atoms with Gasteiger partial charge in [0.2, 0.25) is 0 Å². The van der Waals surface area contributed by atoms with Gasteiger partial charge in [-0.15, -0.1) is 12.4 Å². The number of benzene rings is 1. The lowest BCUT2D eigenvalue weighted by Gasteiger charge is -2.08. The van der Waals surface area contributed by atoms with Crippen LogP contribution in [0.4, 0.5) is 8.78 Å². The van der Waals surface area contributed by atoms with Gasteiger partial charge >= 0.3 is 0 Å². The van der Waals surface area contributed by atoms with Crippen molar-refractivity contribution in [2.45, 2.75) is 12.5 Å². The van der Waals surface area contributed by atoms with E-state index in [1.54, 1.807) is 12.1 Å². The third kappa shape index (κ3) is 3.70. The molecule has 1 aromatic carbocycles. The fraction of sp³-hybridized carbons (Fsp3) is 0.333. The molecule has 0 heterocycles. The highest BCUT2D eigenvalue weighted by molar-refractivity contribution is 5.85. The Morgan fingerprint density at radius 3 is 2.62 bits per heavy atom. The van der Waals surface area contributed by atoms with Gasteiger partial charge in [0.1, 0.15) is 5.82 Å². The summed E-state index contributed by atoms with van der Waals surface area (Å²) in [5, 5.41) is 0. The van der Waals surface area contributed by atoms with Crippen molar-refractivity contribution < 1.29 is 8.78 Å². The van der Waals surface area contributed by atoms with E-state index in [0.29, 0.717) is 5.56 Å². The van der Waals surface area contributed by atoms with E-state index in [-0.39, 0.29) is 24.6 Å². The van der Waals surface area contributed by atoms with Gasteiger partial charge in [-0.2, -0.15) is 0 Å². The van der Waals surface area contributed by atoms with Crippen LogP contribution in [0.2, 0.25) is 0 Å². The summed E-state index contributed by atoms with van der Waals surface area (Å²) in [6, 6.07) is 5.55. The van der Waals surface area contributed by atoms with E-state index in [1.807, 2.05) is 0 Å². The normalized spacial score (nSPS) is 11.9. The molecule has 0 aliphatic heterocycles. The van der Waals surface area contributed by atoms with Crippen LogP contribution < -0.4 is 5.73 Å². The topological polar surface area (TPSA) is 26.0 Å². The zero-order chi connectivity index (χ0) is 8.97. The fourth-order valence-electron chi connectivity index (χ4n) is 1.02. The Morgan fingerprint density at radius 2 is 2.08 bits per heavy atom. The third-order valence-electron chi connectivity index (χ3n) is 1.70.